The van der Waals surface area contributed by atoms with Crippen LogP contribution in [0.15, 0.2) is 27.7 Å². The van der Waals surface area contributed by atoms with E-state index in [9.17, 15) is 14.7 Å². The van der Waals surface area contributed by atoms with E-state index in [4.69, 9.17) is 9.15 Å². The van der Waals surface area contributed by atoms with Crippen LogP contribution in [0.5, 0.6) is 5.75 Å². The van der Waals surface area contributed by atoms with Crippen LogP contribution in [0.2, 0.25) is 0 Å². The lowest BCUT2D eigenvalue weighted by atomic mass is 9.94. The van der Waals surface area contributed by atoms with Gasteiger partial charge in [-0.25, -0.2) is 0 Å². The quantitative estimate of drug-likeness (QED) is 0.877. The van der Waals surface area contributed by atoms with E-state index < -0.39 is 17.1 Å². The maximum absolute atomic E-state index is 12.7. The van der Waals surface area contributed by atoms with Crippen LogP contribution in [0.4, 0.5) is 0 Å². The van der Waals surface area contributed by atoms with Gasteiger partial charge in [-0.15, -0.1) is 0 Å². The van der Waals surface area contributed by atoms with Gasteiger partial charge in [0.15, 0.2) is 5.76 Å². The van der Waals surface area contributed by atoms with Crippen molar-refractivity contribution < 1.29 is 19.1 Å². The summed E-state index contributed by atoms with van der Waals surface area (Å²) in [5, 5.41) is 14.3. The monoisotopic (exact) mass is 347 g/mol. The molecule has 1 saturated heterocycles. The summed E-state index contributed by atoms with van der Waals surface area (Å²) in [6.07, 6.45) is 3.43. The third-order valence-corrected chi connectivity index (χ3v) is 4.26. The summed E-state index contributed by atoms with van der Waals surface area (Å²) in [5.74, 6) is -0.656. The first-order valence-corrected chi connectivity index (χ1v) is 8.13. The SMILES string of the molecule is Cc1cc(=O)c(O)c(C(CC(=O)N2CCOCC2)c2cnn(C)c2)o1. The van der Waals surface area contributed by atoms with E-state index in [1.54, 1.807) is 35.9 Å². The van der Waals surface area contributed by atoms with Gasteiger partial charge in [0, 0.05) is 44.4 Å². The average molecular weight is 347 g/mol. The number of rotatable bonds is 4. The number of carbonyl (C=O) groups excluding carboxylic acids is 1. The number of aromatic nitrogens is 2. The molecular formula is C17H21N3O5. The second kappa shape index (κ2) is 7.10. The molecule has 2 aromatic heterocycles. The highest BCUT2D eigenvalue weighted by Gasteiger charge is 2.29. The predicted molar refractivity (Wildman–Crippen MR) is 88.4 cm³/mol. The second-order valence-electron chi connectivity index (χ2n) is 6.13. The van der Waals surface area contributed by atoms with Gasteiger partial charge in [0.25, 0.3) is 0 Å². The van der Waals surface area contributed by atoms with Crippen molar-refractivity contribution in [2.24, 2.45) is 7.05 Å². The molecule has 8 nitrogen and oxygen atoms in total. The molecule has 1 aliphatic rings. The molecule has 1 aliphatic heterocycles. The predicted octanol–water partition coefficient (Wildman–Crippen LogP) is 0.768. The molecule has 134 valence electrons. The van der Waals surface area contributed by atoms with Crippen LogP contribution in [-0.2, 0) is 16.6 Å². The minimum absolute atomic E-state index is 0.0750. The molecule has 3 rings (SSSR count). The number of ether oxygens (including phenoxy) is 1. The van der Waals surface area contributed by atoms with Crippen LogP contribution in [0.1, 0.15) is 29.4 Å². The molecule has 1 unspecified atom stereocenters. The van der Waals surface area contributed by atoms with Crippen molar-refractivity contribution in [3.63, 3.8) is 0 Å². The van der Waals surface area contributed by atoms with Crippen LogP contribution >= 0.6 is 0 Å². The molecule has 1 atom stereocenters. The van der Waals surface area contributed by atoms with E-state index in [2.05, 4.69) is 5.10 Å². The molecule has 3 heterocycles. The zero-order valence-corrected chi connectivity index (χ0v) is 14.3. The lowest BCUT2D eigenvalue weighted by Gasteiger charge is -2.28. The molecule has 1 amide bonds. The highest BCUT2D eigenvalue weighted by atomic mass is 16.5. The van der Waals surface area contributed by atoms with Crippen molar-refractivity contribution in [3.05, 3.63) is 45.8 Å². The first-order valence-electron chi connectivity index (χ1n) is 8.13. The summed E-state index contributed by atoms with van der Waals surface area (Å²) in [6, 6.07) is 1.23. The van der Waals surface area contributed by atoms with E-state index >= 15 is 0 Å². The van der Waals surface area contributed by atoms with E-state index in [1.807, 2.05) is 0 Å². The molecule has 2 aromatic rings. The van der Waals surface area contributed by atoms with Gasteiger partial charge in [0.05, 0.1) is 25.3 Å². The summed E-state index contributed by atoms with van der Waals surface area (Å²) < 4.78 is 12.5. The van der Waals surface area contributed by atoms with E-state index in [0.717, 1.165) is 0 Å². The van der Waals surface area contributed by atoms with Crippen molar-refractivity contribution in [1.29, 1.82) is 0 Å². The summed E-state index contributed by atoms with van der Waals surface area (Å²) >= 11 is 0. The molecular weight excluding hydrogens is 326 g/mol. The number of hydrogen-bond acceptors (Lipinski definition) is 6. The fraction of sp³-hybridized carbons (Fsp3) is 0.471. The van der Waals surface area contributed by atoms with Crippen LogP contribution < -0.4 is 5.43 Å². The first kappa shape index (κ1) is 17.2. The molecule has 0 radical (unpaired) electrons. The van der Waals surface area contributed by atoms with Gasteiger partial charge in [-0.1, -0.05) is 0 Å². The molecule has 25 heavy (non-hydrogen) atoms. The third-order valence-electron chi connectivity index (χ3n) is 4.26. The Labute approximate surface area is 144 Å². The Balaban J connectivity index is 1.96. The third kappa shape index (κ3) is 3.74. The number of morpholine rings is 1. The number of nitrogens with zero attached hydrogens (tertiary/aromatic N) is 3. The molecule has 0 spiro atoms. The van der Waals surface area contributed by atoms with Gasteiger partial charge >= 0.3 is 0 Å². The van der Waals surface area contributed by atoms with Crippen molar-refractivity contribution in [2.45, 2.75) is 19.3 Å². The Morgan fingerprint density at radius 3 is 2.76 bits per heavy atom. The van der Waals surface area contributed by atoms with E-state index in [1.165, 1.54) is 6.07 Å². The first-order chi connectivity index (χ1) is 12.0. The molecule has 8 heteroatoms. The minimum atomic E-state index is -0.586. The summed E-state index contributed by atoms with van der Waals surface area (Å²) in [4.78, 5) is 26.4. The van der Waals surface area contributed by atoms with Gasteiger partial charge in [-0.2, -0.15) is 5.10 Å². The van der Waals surface area contributed by atoms with Gasteiger partial charge in [-0.3, -0.25) is 14.3 Å². The van der Waals surface area contributed by atoms with Gasteiger partial charge in [-0.05, 0) is 6.92 Å². The topological polar surface area (TPSA) is 97.8 Å². The number of aromatic hydroxyl groups is 1. The maximum atomic E-state index is 12.7. The highest BCUT2D eigenvalue weighted by Crippen LogP contribution is 2.33. The molecule has 1 N–H and O–H groups in total. The fourth-order valence-corrected chi connectivity index (χ4v) is 2.96. The minimum Gasteiger partial charge on any atom is -0.502 e. The zero-order chi connectivity index (χ0) is 18.0. The Morgan fingerprint density at radius 2 is 2.12 bits per heavy atom. The molecule has 1 fully saturated rings. The molecule has 0 bridgehead atoms. The van der Waals surface area contributed by atoms with E-state index in [-0.39, 0.29) is 18.1 Å². The van der Waals surface area contributed by atoms with Crippen LogP contribution in [0.25, 0.3) is 0 Å². The number of amides is 1. The highest BCUT2D eigenvalue weighted by molar-refractivity contribution is 5.77. The smallest absolute Gasteiger partial charge is 0.227 e. The Hall–Kier alpha value is -2.61. The molecule has 0 saturated carbocycles. The number of hydrogen-bond donors (Lipinski definition) is 1. The summed E-state index contributed by atoms with van der Waals surface area (Å²) in [7, 11) is 1.76. The zero-order valence-electron chi connectivity index (χ0n) is 14.3. The van der Waals surface area contributed by atoms with Crippen molar-refractivity contribution in [3.8, 4) is 5.75 Å². The van der Waals surface area contributed by atoms with Crippen LogP contribution in [-0.4, -0.2) is 52.0 Å². The second-order valence-corrected chi connectivity index (χ2v) is 6.13. The van der Waals surface area contributed by atoms with Gasteiger partial charge in [0.1, 0.15) is 5.76 Å². The van der Waals surface area contributed by atoms with Crippen molar-refractivity contribution >= 4 is 5.91 Å². The van der Waals surface area contributed by atoms with Gasteiger partial charge in [0.2, 0.25) is 17.1 Å². The largest absolute Gasteiger partial charge is 0.502 e. The standard InChI is InChI=1S/C17H21N3O5/c1-11-7-14(21)16(23)17(25-11)13(12-9-18-19(2)10-12)8-15(22)20-3-5-24-6-4-20/h7,9-10,13,23H,3-6,8H2,1-2H3. The molecule has 0 aliphatic carbocycles. The number of aryl methyl sites for hydroxylation is 2. The Bertz CT molecular complexity index is 820. The summed E-state index contributed by atoms with van der Waals surface area (Å²) in [6.45, 7) is 3.71. The fourth-order valence-electron chi connectivity index (χ4n) is 2.96. The molecule has 0 aromatic carbocycles. The lowest BCUT2D eigenvalue weighted by Crippen LogP contribution is -2.41. The van der Waals surface area contributed by atoms with Crippen LogP contribution in [0.3, 0.4) is 0 Å². The average Bonchev–Trinajstić information content (AvgIpc) is 3.03. The maximum Gasteiger partial charge on any atom is 0.227 e. The Morgan fingerprint density at radius 1 is 1.40 bits per heavy atom. The van der Waals surface area contributed by atoms with E-state index in [0.29, 0.717) is 37.6 Å². The van der Waals surface area contributed by atoms with Crippen LogP contribution in [0, 0.1) is 6.92 Å². The van der Waals surface area contributed by atoms with Crippen molar-refractivity contribution in [2.75, 3.05) is 26.3 Å². The number of carbonyl (C=O) groups is 1. The normalized spacial score (nSPS) is 16.0. The van der Waals surface area contributed by atoms with Gasteiger partial charge < -0.3 is 19.2 Å². The summed E-state index contributed by atoms with van der Waals surface area (Å²) in [5.41, 5.74) is 0.180. The Kier molecular flexibility index (Phi) is 4.89. The van der Waals surface area contributed by atoms with Crippen molar-refractivity contribution in [1.82, 2.24) is 14.7 Å². The lowest BCUT2D eigenvalue weighted by molar-refractivity contribution is -0.135.